The number of carboxylic acid groups (broad SMARTS) is 1. The number of carbonyl (C=O) groups is 1. The van der Waals surface area contributed by atoms with Crippen molar-refractivity contribution in [3.63, 3.8) is 0 Å². The van der Waals surface area contributed by atoms with Gasteiger partial charge in [0.1, 0.15) is 16.2 Å². The number of rotatable bonds is 5. The first-order valence-corrected chi connectivity index (χ1v) is 9.09. The van der Waals surface area contributed by atoms with Crippen molar-refractivity contribution in [3.8, 4) is 11.1 Å². The van der Waals surface area contributed by atoms with E-state index in [1.54, 1.807) is 0 Å². The third-order valence-electron chi connectivity index (χ3n) is 3.38. The zero-order valence-electron chi connectivity index (χ0n) is 12.2. The van der Waals surface area contributed by atoms with Crippen LogP contribution in [0.15, 0.2) is 41.0 Å². The summed E-state index contributed by atoms with van der Waals surface area (Å²) < 4.78 is 0. The molecule has 0 N–H and O–H groups in total. The minimum atomic E-state index is -1.08. The lowest BCUT2D eigenvalue weighted by Gasteiger charge is -2.15. The summed E-state index contributed by atoms with van der Waals surface area (Å²) in [7, 11) is 0. The van der Waals surface area contributed by atoms with Crippen LogP contribution in [0.1, 0.15) is 13.3 Å². The molecule has 2 aromatic heterocycles. The summed E-state index contributed by atoms with van der Waals surface area (Å²) in [6, 6.07) is 7.52. The van der Waals surface area contributed by atoms with Crippen LogP contribution in [0.4, 0.5) is 0 Å². The van der Waals surface area contributed by atoms with Gasteiger partial charge in [-0.05, 0) is 24.1 Å². The molecule has 7 heteroatoms. The summed E-state index contributed by atoms with van der Waals surface area (Å²) in [6.07, 6.45) is 1.94. The van der Waals surface area contributed by atoms with Crippen molar-refractivity contribution in [2.45, 2.75) is 23.6 Å². The van der Waals surface area contributed by atoms with Crippen LogP contribution in [0.3, 0.4) is 0 Å². The molecule has 0 aliphatic rings. The Morgan fingerprint density at radius 3 is 2.74 bits per heavy atom. The Kier molecular flexibility index (Phi) is 4.84. The van der Waals surface area contributed by atoms with Gasteiger partial charge in [0.05, 0.1) is 16.6 Å². The van der Waals surface area contributed by atoms with Crippen molar-refractivity contribution in [2.24, 2.45) is 0 Å². The maximum Gasteiger partial charge on any atom is 0.128 e. The lowest BCUT2D eigenvalue weighted by molar-refractivity contribution is -0.304. The number of carbonyl (C=O) groups excluding carboxylic acids is 1. The summed E-state index contributed by atoms with van der Waals surface area (Å²) >= 11 is 8.67. The average Bonchev–Trinajstić information content (AvgIpc) is 2.98. The predicted octanol–water partition coefficient (Wildman–Crippen LogP) is 3.63. The van der Waals surface area contributed by atoms with Crippen LogP contribution < -0.4 is 5.11 Å². The summed E-state index contributed by atoms with van der Waals surface area (Å²) in [5.74, 6) is -1.08. The second-order valence-electron chi connectivity index (χ2n) is 4.85. The zero-order valence-corrected chi connectivity index (χ0v) is 14.5. The Labute approximate surface area is 146 Å². The summed E-state index contributed by atoms with van der Waals surface area (Å²) in [5, 5.41) is 14.8. The molecular weight excluding hydrogens is 352 g/mol. The Morgan fingerprint density at radius 1 is 1.35 bits per heavy atom. The third-order valence-corrected chi connectivity index (χ3v) is 5.86. The van der Waals surface area contributed by atoms with E-state index in [1.165, 1.54) is 29.4 Å². The van der Waals surface area contributed by atoms with Gasteiger partial charge in [0.15, 0.2) is 0 Å². The van der Waals surface area contributed by atoms with E-state index in [1.807, 2.05) is 36.6 Å². The van der Waals surface area contributed by atoms with Crippen molar-refractivity contribution in [2.75, 3.05) is 0 Å². The Balaban J connectivity index is 2.10. The van der Waals surface area contributed by atoms with Gasteiger partial charge in [0, 0.05) is 16.0 Å². The molecule has 0 spiro atoms. The molecule has 3 aromatic rings. The predicted molar refractivity (Wildman–Crippen MR) is 92.8 cm³/mol. The number of carboxylic acids is 1. The van der Waals surface area contributed by atoms with Crippen LogP contribution in [0.5, 0.6) is 0 Å². The maximum atomic E-state index is 11.2. The molecule has 1 aromatic carbocycles. The Bertz CT molecular complexity index is 849. The molecule has 0 bridgehead atoms. The number of aliphatic carboxylic acids is 1. The number of benzene rings is 1. The molecule has 2 heterocycles. The molecule has 23 heavy (non-hydrogen) atoms. The fourth-order valence-electron chi connectivity index (χ4n) is 2.21. The molecule has 0 fully saturated rings. The van der Waals surface area contributed by atoms with Gasteiger partial charge in [-0.15, -0.1) is 11.3 Å². The highest BCUT2D eigenvalue weighted by molar-refractivity contribution is 8.00. The number of nitrogens with zero attached hydrogens (tertiary/aromatic N) is 2. The van der Waals surface area contributed by atoms with E-state index in [4.69, 9.17) is 11.6 Å². The maximum absolute atomic E-state index is 11.2. The first-order valence-electron chi connectivity index (χ1n) is 6.95. The fraction of sp³-hybridized carbons (Fsp3) is 0.188. The first kappa shape index (κ1) is 16.2. The largest absolute Gasteiger partial charge is 0.549 e. The minimum absolute atomic E-state index is 0.471. The summed E-state index contributed by atoms with van der Waals surface area (Å²) in [5.41, 5.74) is 1.98. The molecule has 0 saturated carbocycles. The number of thioether (sulfide) groups is 1. The van der Waals surface area contributed by atoms with Gasteiger partial charge in [-0.1, -0.05) is 42.4 Å². The van der Waals surface area contributed by atoms with Crippen molar-refractivity contribution in [1.29, 1.82) is 0 Å². The lowest BCUT2D eigenvalue weighted by Crippen LogP contribution is -2.33. The fourth-order valence-corrected chi connectivity index (χ4v) is 4.28. The molecule has 0 amide bonds. The molecular formula is C16H12ClN2O2S2-. The monoisotopic (exact) mass is 363 g/mol. The van der Waals surface area contributed by atoms with E-state index in [9.17, 15) is 9.90 Å². The van der Waals surface area contributed by atoms with E-state index >= 15 is 0 Å². The number of fused-ring (bicyclic) bond motifs is 1. The van der Waals surface area contributed by atoms with Crippen molar-refractivity contribution in [3.05, 3.63) is 41.0 Å². The second-order valence-corrected chi connectivity index (χ2v) is 7.33. The number of hydrogen-bond donors (Lipinski definition) is 0. The van der Waals surface area contributed by atoms with Crippen LogP contribution in [0.2, 0.25) is 5.02 Å². The van der Waals surface area contributed by atoms with E-state index in [-0.39, 0.29) is 0 Å². The highest BCUT2D eigenvalue weighted by Crippen LogP contribution is 2.39. The van der Waals surface area contributed by atoms with Crippen LogP contribution in [0.25, 0.3) is 21.3 Å². The van der Waals surface area contributed by atoms with Gasteiger partial charge in [-0.25, -0.2) is 9.97 Å². The van der Waals surface area contributed by atoms with Gasteiger partial charge in [-0.2, -0.15) is 0 Å². The normalized spacial score (nSPS) is 12.4. The molecule has 0 saturated heterocycles. The molecule has 0 aliphatic carbocycles. The van der Waals surface area contributed by atoms with Crippen molar-refractivity contribution < 1.29 is 9.90 Å². The van der Waals surface area contributed by atoms with Gasteiger partial charge >= 0.3 is 0 Å². The molecule has 0 aliphatic heterocycles. The van der Waals surface area contributed by atoms with Gasteiger partial charge in [0.25, 0.3) is 0 Å². The number of halogens is 1. The quantitative estimate of drug-likeness (QED) is 0.511. The lowest BCUT2D eigenvalue weighted by atomic mass is 10.1. The molecule has 3 rings (SSSR count). The molecule has 1 atom stereocenters. The SMILES string of the molecule is CCC(Sc1ncnc2scc(-c3ccc(Cl)cc3)c12)C(=O)[O-]. The number of thiophene rings is 1. The highest BCUT2D eigenvalue weighted by Gasteiger charge is 2.17. The van der Waals surface area contributed by atoms with E-state index in [0.717, 1.165) is 21.3 Å². The summed E-state index contributed by atoms with van der Waals surface area (Å²) in [4.78, 5) is 20.6. The minimum Gasteiger partial charge on any atom is -0.549 e. The highest BCUT2D eigenvalue weighted by atomic mass is 35.5. The molecule has 4 nitrogen and oxygen atoms in total. The second kappa shape index (κ2) is 6.86. The topological polar surface area (TPSA) is 65.9 Å². The average molecular weight is 364 g/mol. The van der Waals surface area contributed by atoms with E-state index < -0.39 is 11.2 Å². The van der Waals surface area contributed by atoms with Crippen LogP contribution in [-0.2, 0) is 4.79 Å². The van der Waals surface area contributed by atoms with Crippen molar-refractivity contribution in [1.82, 2.24) is 9.97 Å². The van der Waals surface area contributed by atoms with Gasteiger partial charge in [0.2, 0.25) is 0 Å². The van der Waals surface area contributed by atoms with Crippen LogP contribution in [-0.4, -0.2) is 21.2 Å². The number of aromatic nitrogens is 2. The molecule has 1 unspecified atom stereocenters. The Morgan fingerprint density at radius 2 is 2.09 bits per heavy atom. The van der Waals surface area contributed by atoms with E-state index in [0.29, 0.717) is 16.5 Å². The van der Waals surface area contributed by atoms with Crippen LogP contribution in [0, 0.1) is 0 Å². The van der Waals surface area contributed by atoms with Crippen LogP contribution >= 0.6 is 34.7 Å². The smallest absolute Gasteiger partial charge is 0.128 e. The summed E-state index contributed by atoms with van der Waals surface area (Å²) in [6.45, 7) is 1.82. The first-order chi connectivity index (χ1) is 11.1. The Hall–Kier alpha value is -1.63. The van der Waals surface area contributed by atoms with Crippen molar-refractivity contribution >= 4 is 50.9 Å². The van der Waals surface area contributed by atoms with E-state index in [2.05, 4.69) is 9.97 Å². The number of hydrogen-bond acceptors (Lipinski definition) is 6. The van der Waals surface area contributed by atoms with Gasteiger partial charge < -0.3 is 9.90 Å². The standard InChI is InChI=1S/C16H13ClN2O2S2/c1-2-12(16(20)21)23-15-13-11(7-22-14(13)18-8-19-15)9-3-5-10(17)6-4-9/h3-8,12H,2H2,1H3,(H,20,21)/p-1. The zero-order chi connectivity index (χ0) is 16.4. The van der Waals surface area contributed by atoms with Gasteiger partial charge in [-0.3, -0.25) is 0 Å². The molecule has 0 radical (unpaired) electrons. The third kappa shape index (κ3) is 3.34. The molecule has 118 valence electrons.